The van der Waals surface area contributed by atoms with E-state index in [0.29, 0.717) is 29.1 Å². The van der Waals surface area contributed by atoms with Gasteiger partial charge in [-0.1, -0.05) is 6.07 Å². The largest absolute Gasteiger partial charge is 0.476 e. The van der Waals surface area contributed by atoms with Crippen molar-refractivity contribution in [1.82, 2.24) is 14.8 Å². The number of nitrogens with two attached hydrogens (primary N) is 1. The normalized spacial score (nSPS) is 10.4. The van der Waals surface area contributed by atoms with Crippen LogP contribution < -0.4 is 10.5 Å². The van der Waals surface area contributed by atoms with E-state index in [-0.39, 0.29) is 11.6 Å². The number of hydrogen-bond acceptors (Lipinski definition) is 6. The van der Waals surface area contributed by atoms with Crippen LogP contribution in [-0.4, -0.2) is 32.4 Å². The van der Waals surface area contributed by atoms with Crippen molar-refractivity contribution < 1.29 is 14.6 Å². The molecule has 0 atom stereocenters. The Hall–Kier alpha value is -3.70. The molecule has 0 radical (unpaired) electrons. The van der Waals surface area contributed by atoms with Gasteiger partial charge in [-0.15, -0.1) is 0 Å². The van der Waals surface area contributed by atoms with Gasteiger partial charge in [-0.2, -0.15) is 10.4 Å². The third-order valence-electron chi connectivity index (χ3n) is 3.91. The molecule has 0 saturated carbocycles. The lowest BCUT2D eigenvalue weighted by atomic mass is 10.1. The summed E-state index contributed by atoms with van der Waals surface area (Å²) in [4.78, 5) is 15.5. The van der Waals surface area contributed by atoms with Crippen molar-refractivity contribution >= 4 is 5.97 Å². The molecule has 0 saturated heterocycles. The van der Waals surface area contributed by atoms with Crippen molar-refractivity contribution in [1.29, 1.82) is 5.26 Å². The highest BCUT2D eigenvalue weighted by molar-refractivity contribution is 5.85. The molecule has 0 spiro atoms. The Kier molecular flexibility index (Phi) is 5.15. The first-order valence-corrected chi connectivity index (χ1v) is 8.16. The van der Waals surface area contributed by atoms with E-state index in [1.807, 2.05) is 12.1 Å². The summed E-state index contributed by atoms with van der Waals surface area (Å²) < 4.78 is 7.20. The monoisotopic (exact) mass is 363 g/mol. The maximum Gasteiger partial charge on any atom is 0.356 e. The second-order valence-electron chi connectivity index (χ2n) is 5.81. The summed E-state index contributed by atoms with van der Waals surface area (Å²) in [6.45, 7) is 0.540. The van der Waals surface area contributed by atoms with Crippen LogP contribution in [0.4, 0.5) is 0 Å². The molecule has 2 heterocycles. The van der Waals surface area contributed by atoms with Crippen LogP contribution in [0.1, 0.15) is 21.6 Å². The minimum absolute atomic E-state index is 0.130. The molecule has 8 nitrogen and oxygen atoms in total. The molecular weight excluding hydrogens is 346 g/mol. The first kappa shape index (κ1) is 18.1. The van der Waals surface area contributed by atoms with Gasteiger partial charge in [-0.25, -0.2) is 9.48 Å². The average Bonchev–Trinajstić information content (AvgIpc) is 3.03. The minimum atomic E-state index is -1.15. The molecule has 3 rings (SSSR count). The molecule has 0 aliphatic rings. The molecule has 0 fully saturated rings. The van der Waals surface area contributed by atoms with Crippen LogP contribution in [0.25, 0.3) is 11.3 Å². The average molecular weight is 363 g/mol. The Balaban J connectivity index is 2.01. The van der Waals surface area contributed by atoms with Gasteiger partial charge >= 0.3 is 5.97 Å². The first-order valence-electron chi connectivity index (χ1n) is 8.16. The van der Waals surface area contributed by atoms with Crippen LogP contribution in [0.3, 0.4) is 0 Å². The number of carbonyl (C=O) groups is 1. The molecule has 0 amide bonds. The molecule has 0 bridgehead atoms. The van der Waals surface area contributed by atoms with Crippen molar-refractivity contribution in [3.05, 3.63) is 59.4 Å². The van der Waals surface area contributed by atoms with Crippen molar-refractivity contribution in [2.45, 2.75) is 6.42 Å². The summed E-state index contributed by atoms with van der Waals surface area (Å²) in [6, 6.07) is 12.2. The zero-order valence-corrected chi connectivity index (χ0v) is 14.6. The van der Waals surface area contributed by atoms with E-state index in [2.05, 4.69) is 16.2 Å². The van der Waals surface area contributed by atoms with Crippen LogP contribution in [0, 0.1) is 11.3 Å². The van der Waals surface area contributed by atoms with E-state index < -0.39 is 5.97 Å². The molecule has 1 aromatic carbocycles. The maximum atomic E-state index is 11.1. The number of nitrogens with zero attached hydrogens (tertiary/aromatic N) is 4. The fraction of sp³-hybridized carbons (Fsp3) is 0.158. The van der Waals surface area contributed by atoms with Gasteiger partial charge in [-0.3, -0.25) is 4.98 Å². The van der Waals surface area contributed by atoms with E-state index in [9.17, 15) is 10.1 Å². The van der Waals surface area contributed by atoms with Crippen LogP contribution in [0.15, 0.2) is 42.6 Å². The van der Waals surface area contributed by atoms with Crippen LogP contribution in [0.5, 0.6) is 11.6 Å². The predicted molar refractivity (Wildman–Crippen MR) is 97.4 cm³/mol. The highest BCUT2D eigenvalue weighted by Gasteiger charge is 2.16. The molecule has 3 N–H and O–H groups in total. The smallest absolute Gasteiger partial charge is 0.356 e. The zero-order chi connectivity index (χ0) is 19.4. The van der Waals surface area contributed by atoms with E-state index in [1.165, 1.54) is 10.7 Å². The second-order valence-corrected chi connectivity index (χ2v) is 5.81. The molecule has 0 unspecified atom stereocenters. The highest BCUT2D eigenvalue weighted by Crippen LogP contribution is 2.33. The number of pyridine rings is 1. The van der Waals surface area contributed by atoms with Crippen molar-refractivity contribution in [2.75, 3.05) is 6.54 Å². The Bertz CT molecular complexity index is 1020. The molecule has 0 aliphatic carbocycles. The van der Waals surface area contributed by atoms with E-state index >= 15 is 0 Å². The van der Waals surface area contributed by atoms with Gasteiger partial charge in [0.1, 0.15) is 5.75 Å². The van der Waals surface area contributed by atoms with E-state index in [0.717, 1.165) is 12.0 Å². The lowest BCUT2D eigenvalue weighted by Gasteiger charge is -2.11. The molecule has 136 valence electrons. The summed E-state index contributed by atoms with van der Waals surface area (Å²) in [5.41, 5.74) is 8.20. The lowest BCUT2D eigenvalue weighted by Crippen LogP contribution is -2.03. The molecule has 3 aromatic rings. The summed E-state index contributed by atoms with van der Waals surface area (Å²) in [5, 5.41) is 22.2. The molecule has 27 heavy (non-hydrogen) atoms. The number of carboxylic acids is 1. The van der Waals surface area contributed by atoms with Gasteiger partial charge in [0.05, 0.1) is 17.3 Å². The Labute approximate surface area is 155 Å². The summed E-state index contributed by atoms with van der Waals surface area (Å²) in [7, 11) is 1.58. The molecule has 8 heteroatoms. The van der Waals surface area contributed by atoms with Crippen molar-refractivity contribution in [3.63, 3.8) is 0 Å². The lowest BCUT2D eigenvalue weighted by molar-refractivity contribution is 0.0689. The number of hydrogen-bond donors (Lipinski definition) is 2. The van der Waals surface area contributed by atoms with Gasteiger partial charge < -0.3 is 15.6 Å². The maximum absolute atomic E-state index is 11.1. The third-order valence-corrected chi connectivity index (χ3v) is 3.91. The predicted octanol–water partition coefficient (Wildman–Crippen LogP) is 2.35. The number of aromatic carboxylic acids is 1. The van der Waals surface area contributed by atoms with Crippen molar-refractivity contribution in [3.8, 4) is 29.0 Å². The van der Waals surface area contributed by atoms with Gasteiger partial charge in [-0.05, 0) is 42.8 Å². The van der Waals surface area contributed by atoms with Crippen LogP contribution in [-0.2, 0) is 13.5 Å². The number of ether oxygens (including phenoxy) is 1. The summed E-state index contributed by atoms with van der Waals surface area (Å²) in [6.07, 6.45) is 2.48. The number of carboxylic acid groups (broad SMARTS) is 1. The number of nitriles is 1. The molecule has 0 aliphatic heterocycles. The van der Waals surface area contributed by atoms with Gasteiger partial charge in [0.25, 0.3) is 0 Å². The first-order chi connectivity index (χ1) is 13.0. The Morgan fingerprint density at radius 1 is 1.33 bits per heavy atom. The highest BCUT2D eigenvalue weighted by atomic mass is 16.5. The standard InChI is InChI=1S/C19H17N5O3/c1-24-18(9-16(23-24)19(25)26)27-17-8-13(10-21)2-4-14(17)15-5-3-12(6-7-20)11-22-15/h2-5,8-9,11H,6-7,20H2,1H3,(H,25,26). The summed E-state index contributed by atoms with van der Waals surface area (Å²) in [5.74, 6) is -0.528. The fourth-order valence-corrected chi connectivity index (χ4v) is 2.55. The second kappa shape index (κ2) is 7.68. The molecular formula is C19H17N5O3. The van der Waals surface area contributed by atoms with Gasteiger partial charge in [0.2, 0.25) is 5.88 Å². The van der Waals surface area contributed by atoms with Gasteiger partial charge in [0.15, 0.2) is 5.69 Å². The van der Waals surface area contributed by atoms with E-state index in [4.69, 9.17) is 15.6 Å². The summed E-state index contributed by atoms with van der Waals surface area (Å²) >= 11 is 0. The number of aryl methyl sites for hydroxylation is 1. The number of aromatic nitrogens is 3. The third kappa shape index (κ3) is 3.94. The molecule has 2 aromatic heterocycles. The SMILES string of the molecule is Cn1nc(C(=O)O)cc1Oc1cc(C#N)ccc1-c1ccc(CCN)cn1. The topological polar surface area (TPSA) is 127 Å². The Morgan fingerprint density at radius 3 is 2.74 bits per heavy atom. The number of rotatable bonds is 6. The van der Waals surface area contributed by atoms with Crippen LogP contribution in [0.2, 0.25) is 0 Å². The van der Waals surface area contributed by atoms with Crippen LogP contribution >= 0.6 is 0 Å². The minimum Gasteiger partial charge on any atom is -0.476 e. The quantitative estimate of drug-likeness (QED) is 0.688. The zero-order valence-electron chi connectivity index (χ0n) is 14.6. The Morgan fingerprint density at radius 2 is 2.15 bits per heavy atom. The number of benzene rings is 1. The van der Waals surface area contributed by atoms with Gasteiger partial charge in [0, 0.05) is 24.9 Å². The van der Waals surface area contributed by atoms with Crippen molar-refractivity contribution in [2.24, 2.45) is 12.8 Å². The fourth-order valence-electron chi connectivity index (χ4n) is 2.55. The van der Waals surface area contributed by atoms with E-state index in [1.54, 1.807) is 31.4 Å².